The second kappa shape index (κ2) is 8.51. The van der Waals surface area contributed by atoms with Gasteiger partial charge in [-0.15, -0.1) is 0 Å². The number of urea groups is 1. The van der Waals surface area contributed by atoms with Crippen LogP contribution in [0.1, 0.15) is 45.1 Å². The number of carbonyl (C=O) groups excluding carboxylic acids is 3. The molecular weight excluding hydrogens is 373 g/mol. The van der Waals surface area contributed by atoms with Crippen LogP contribution in [-0.2, 0) is 16.0 Å². The molecular formula is C22H30FN3O3. The Bertz CT molecular complexity index is 770. The van der Waals surface area contributed by atoms with E-state index in [1.807, 2.05) is 13.8 Å². The van der Waals surface area contributed by atoms with E-state index in [1.54, 1.807) is 29.0 Å². The lowest BCUT2D eigenvalue weighted by Gasteiger charge is -2.42. The highest BCUT2D eigenvalue weighted by molar-refractivity contribution is 6.07. The standard InChI is InChI=1S/C22H30FN3O3/c1-16(2)15-26-21(29)24(3)20(28)22(26)11-13-25(14-12-22)19(27)6-4-5-17-7-9-18(23)10-8-17/h7-10,16H,4-6,11-15H2,1-3H3. The first-order valence-electron chi connectivity index (χ1n) is 10.4. The molecule has 2 aliphatic heterocycles. The largest absolute Gasteiger partial charge is 0.342 e. The summed E-state index contributed by atoms with van der Waals surface area (Å²) in [5.41, 5.74) is 0.209. The van der Waals surface area contributed by atoms with Gasteiger partial charge in [-0.05, 0) is 49.3 Å². The summed E-state index contributed by atoms with van der Waals surface area (Å²) in [5.74, 6) is -0.0699. The summed E-state index contributed by atoms with van der Waals surface area (Å²) in [4.78, 5) is 42.8. The van der Waals surface area contributed by atoms with Crippen LogP contribution in [0.2, 0.25) is 0 Å². The molecule has 0 radical (unpaired) electrons. The predicted octanol–water partition coefficient (Wildman–Crippen LogP) is 3.06. The number of nitrogens with zero attached hydrogens (tertiary/aromatic N) is 3. The number of piperidine rings is 1. The number of likely N-dealkylation sites (tertiary alicyclic amines) is 1. The van der Waals surface area contributed by atoms with Gasteiger partial charge in [-0.25, -0.2) is 9.18 Å². The molecule has 2 saturated heterocycles. The average Bonchev–Trinajstić information content (AvgIpc) is 2.86. The number of halogens is 1. The molecule has 0 bridgehead atoms. The molecule has 6 nitrogen and oxygen atoms in total. The Morgan fingerprint density at radius 2 is 1.76 bits per heavy atom. The van der Waals surface area contributed by atoms with Crippen molar-refractivity contribution in [2.24, 2.45) is 5.92 Å². The predicted molar refractivity (Wildman–Crippen MR) is 108 cm³/mol. The fourth-order valence-electron chi connectivity index (χ4n) is 4.36. The normalized spacial score (nSPS) is 19.0. The molecule has 29 heavy (non-hydrogen) atoms. The first-order valence-corrected chi connectivity index (χ1v) is 10.4. The average molecular weight is 403 g/mol. The van der Waals surface area contributed by atoms with E-state index in [4.69, 9.17) is 0 Å². The highest BCUT2D eigenvalue weighted by Gasteiger charge is 2.57. The minimum atomic E-state index is -0.805. The highest BCUT2D eigenvalue weighted by Crippen LogP contribution is 2.37. The van der Waals surface area contributed by atoms with E-state index < -0.39 is 5.54 Å². The van der Waals surface area contributed by atoms with Gasteiger partial charge in [0, 0.05) is 33.1 Å². The van der Waals surface area contributed by atoms with E-state index >= 15 is 0 Å². The van der Waals surface area contributed by atoms with Crippen molar-refractivity contribution in [2.75, 3.05) is 26.7 Å². The lowest BCUT2D eigenvalue weighted by Crippen LogP contribution is -2.58. The van der Waals surface area contributed by atoms with Crippen LogP contribution >= 0.6 is 0 Å². The molecule has 0 saturated carbocycles. The molecule has 1 spiro atoms. The van der Waals surface area contributed by atoms with E-state index in [0.29, 0.717) is 45.3 Å². The molecule has 1 aromatic rings. The molecule has 2 fully saturated rings. The SMILES string of the molecule is CC(C)CN1C(=O)N(C)C(=O)C12CCN(C(=O)CCCc1ccc(F)cc1)CC2. The Morgan fingerprint density at radius 3 is 2.34 bits per heavy atom. The van der Waals surface area contributed by atoms with Crippen molar-refractivity contribution in [1.82, 2.24) is 14.7 Å². The molecule has 2 aliphatic rings. The van der Waals surface area contributed by atoms with E-state index in [2.05, 4.69) is 0 Å². The number of hydrogen-bond donors (Lipinski definition) is 0. The summed E-state index contributed by atoms with van der Waals surface area (Å²) in [6.45, 7) is 5.57. The van der Waals surface area contributed by atoms with Crippen LogP contribution < -0.4 is 0 Å². The van der Waals surface area contributed by atoms with Gasteiger partial charge in [0.2, 0.25) is 5.91 Å². The monoisotopic (exact) mass is 403 g/mol. The molecule has 4 amide bonds. The van der Waals surface area contributed by atoms with Crippen molar-refractivity contribution in [3.05, 3.63) is 35.6 Å². The maximum Gasteiger partial charge on any atom is 0.327 e. The molecule has 0 N–H and O–H groups in total. The number of imide groups is 1. The molecule has 0 aliphatic carbocycles. The lowest BCUT2D eigenvalue weighted by atomic mass is 9.85. The number of carbonyl (C=O) groups is 3. The van der Waals surface area contributed by atoms with Crippen molar-refractivity contribution in [3.63, 3.8) is 0 Å². The molecule has 0 atom stereocenters. The Labute approximate surface area is 171 Å². The lowest BCUT2D eigenvalue weighted by molar-refractivity contribution is -0.140. The zero-order valence-corrected chi connectivity index (χ0v) is 17.5. The summed E-state index contributed by atoms with van der Waals surface area (Å²) in [5, 5.41) is 0. The van der Waals surface area contributed by atoms with Gasteiger partial charge in [0.05, 0.1) is 0 Å². The van der Waals surface area contributed by atoms with Crippen molar-refractivity contribution in [3.8, 4) is 0 Å². The van der Waals surface area contributed by atoms with E-state index in [9.17, 15) is 18.8 Å². The quantitative estimate of drug-likeness (QED) is 0.686. The fraction of sp³-hybridized carbons (Fsp3) is 0.591. The third-order valence-corrected chi connectivity index (χ3v) is 6.00. The van der Waals surface area contributed by atoms with Crippen molar-refractivity contribution >= 4 is 17.8 Å². The maximum atomic E-state index is 13.0. The molecule has 0 aromatic heterocycles. The van der Waals surface area contributed by atoms with Crippen LogP contribution in [0.5, 0.6) is 0 Å². The van der Waals surface area contributed by atoms with Crippen molar-refractivity contribution in [1.29, 1.82) is 0 Å². The Hall–Kier alpha value is -2.44. The Kier molecular flexibility index (Phi) is 6.24. The zero-order chi connectivity index (χ0) is 21.2. The minimum absolute atomic E-state index is 0.0718. The van der Waals surface area contributed by atoms with Crippen LogP contribution in [0, 0.1) is 11.7 Å². The smallest absolute Gasteiger partial charge is 0.327 e. The fourth-order valence-corrected chi connectivity index (χ4v) is 4.36. The third kappa shape index (κ3) is 4.28. The molecule has 1 aromatic carbocycles. The summed E-state index contributed by atoms with van der Waals surface area (Å²) < 4.78 is 13.0. The van der Waals surface area contributed by atoms with Gasteiger partial charge < -0.3 is 9.80 Å². The summed E-state index contributed by atoms with van der Waals surface area (Å²) in [7, 11) is 1.54. The Morgan fingerprint density at radius 1 is 1.14 bits per heavy atom. The van der Waals surface area contributed by atoms with Crippen LogP contribution in [0.3, 0.4) is 0 Å². The summed E-state index contributed by atoms with van der Waals surface area (Å²) in [6.07, 6.45) is 2.82. The van der Waals surface area contributed by atoms with Gasteiger partial charge in [-0.1, -0.05) is 26.0 Å². The second-order valence-corrected chi connectivity index (χ2v) is 8.54. The first-order chi connectivity index (χ1) is 13.7. The van der Waals surface area contributed by atoms with Crippen LogP contribution in [-0.4, -0.2) is 64.8 Å². The van der Waals surface area contributed by atoms with Crippen molar-refractivity contribution < 1.29 is 18.8 Å². The molecule has 7 heteroatoms. The van der Waals surface area contributed by atoms with Gasteiger partial charge in [0.15, 0.2) is 0 Å². The Balaban J connectivity index is 1.55. The molecule has 2 heterocycles. The molecule has 3 rings (SSSR count). The van der Waals surface area contributed by atoms with Crippen LogP contribution in [0.15, 0.2) is 24.3 Å². The third-order valence-electron chi connectivity index (χ3n) is 6.00. The number of benzene rings is 1. The van der Waals surface area contributed by atoms with Gasteiger partial charge in [-0.3, -0.25) is 14.5 Å². The maximum absolute atomic E-state index is 13.0. The summed E-state index contributed by atoms with van der Waals surface area (Å²) >= 11 is 0. The number of amides is 4. The zero-order valence-electron chi connectivity index (χ0n) is 17.5. The van der Waals surface area contributed by atoms with Gasteiger partial charge >= 0.3 is 6.03 Å². The second-order valence-electron chi connectivity index (χ2n) is 8.54. The van der Waals surface area contributed by atoms with Gasteiger partial charge in [-0.2, -0.15) is 0 Å². The van der Waals surface area contributed by atoms with Crippen LogP contribution in [0.25, 0.3) is 0 Å². The number of hydrogen-bond acceptors (Lipinski definition) is 3. The minimum Gasteiger partial charge on any atom is -0.342 e. The van der Waals surface area contributed by atoms with Gasteiger partial charge in [0.25, 0.3) is 5.91 Å². The first kappa shape index (κ1) is 21.3. The van der Waals surface area contributed by atoms with E-state index in [-0.39, 0.29) is 29.6 Å². The van der Waals surface area contributed by atoms with E-state index in [0.717, 1.165) is 12.0 Å². The van der Waals surface area contributed by atoms with Gasteiger partial charge in [0.1, 0.15) is 11.4 Å². The number of aryl methyl sites for hydroxylation is 1. The van der Waals surface area contributed by atoms with E-state index in [1.165, 1.54) is 17.0 Å². The van der Waals surface area contributed by atoms with Crippen LogP contribution in [0.4, 0.5) is 9.18 Å². The summed E-state index contributed by atoms with van der Waals surface area (Å²) in [6, 6.07) is 6.12. The number of rotatable bonds is 6. The van der Waals surface area contributed by atoms with Crippen molar-refractivity contribution in [2.45, 2.75) is 51.5 Å². The molecule has 0 unspecified atom stereocenters. The number of likely N-dealkylation sites (N-methyl/N-ethyl adjacent to an activating group) is 1. The highest BCUT2D eigenvalue weighted by atomic mass is 19.1. The topological polar surface area (TPSA) is 60.9 Å². The molecule has 158 valence electrons.